The molecule has 2 aromatic heterocycles. The maximum atomic E-state index is 11.2. The normalized spacial score (nSPS) is 19.0. The number of carboxylic acids is 1. The number of carboxylic acid groups (broad SMARTS) is 1. The Morgan fingerprint density at radius 3 is 3.15 bits per heavy atom. The van der Waals surface area contributed by atoms with Crippen LogP contribution in [0.5, 0.6) is 0 Å². The van der Waals surface area contributed by atoms with Gasteiger partial charge >= 0.3 is 5.97 Å². The summed E-state index contributed by atoms with van der Waals surface area (Å²) in [6.45, 7) is 3.76. The van der Waals surface area contributed by atoms with Crippen molar-refractivity contribution in [1.82, 2.24) is 14.7 Å². The minimum atomic E-state index is -0.908. The van der Waals surface area contributed by atoms with Crippen LogP contribution in [0.1, 0.15) is 39.5 Å². The molecule has 1 unspecified atom stereocenters. The highest BCUT2D eigenvalue weighted by Gasteiger charge is 2.27. The number of aromatic carboxylic acids is 1. The number of aromatic nitrogens is 2. The van der Waals surface area contributed by atoms with E-state index in [1.807, 2.05) is 11.3 Å². The molecule has 0 aliphatic carbocycles. The Labute approximate surface area is 121 Å². The average molecular weight is 291 g/mol. The molecule has 6 heteroatoms. The molecule has 0 bridgehead atoms. The second-order valence-corrected chi connectivity index (χ2v) is 6.13. The number of rotatable bonds is 3. The average Bonchev–Trinajstić information content (AvgIpc) is 3.01. The fourth-order valence-electron chi connectivity index (χ4n) is 2.80. The highest BCUT2D eigenvalue weighted by Crippen LogP contribution is 2.33. The van der Waals surface area contributed by atoms with Crippen LogP contribution in [-0.4, -0.2) is 32.3 Å². The van der Waals surface area contributed by atoms with Gasteiger partial charge in [0, 0.05) is 31.1 Å². The molecule has 3 rings (SSSR count). The Hall–Kier alpha value is -1.66. The summed E-state index contributed by atoms with van der Waals surface area (Å²) >= 11 is 1.81. The summed E-state index contributed by atoms with van der Waals surface area (Å²) in [5.41, 5.74) is 2.44. The smallest absolute Gasteiger partial charge is 0.339 e. The van der Waals surface area contributed by atoms with E-state index >= 15 is 0 Å². The van der Waals surface area contributed by atoms with E-state index in [2.05, 4.69) is 28.4 Å². The molecule has 1 atom stereocenters. The second kappa shape index (κ2) is 5.03. The van der Waals surface area contributed by atoms with Gasteiger partial charge in [-0.1, -0.05) is 0 Å². The predicted octanol–water partition coefficient (Wildman–Crippen LogP) is 2.30. The molecule has 0 saturated carbocycles. The Bertz CT molecular complexity index is 647. The van der Waals surface area contributed by atoms with E-state index < -0.39 is 5.97 Å². The summed E-state index contributed by atoms with van der Waals surface area (Å²) in [7, 11) is 1.80. The minimum Gasteiger partial charge on any atom is -0.478 e. The van der Waals surface area contributed by atoms with E-state index in [0.717, 1.165) is 18.7 Å². The van der Waals surface area contributed by atoms with E-state index in [1.54, 1.807) is 11.7 Å². The first-order chi connectivity index (χ1) is 9.58. The highest BCUT2D eigenvalue weighted by molar-refractivity contribution is 7.10. The molecule has 1 aliphatic heterocycles. The van der Waals surface area contributed by atoms with E-state index in [4.69, 9.17) is 0 Å². The van der Waals surface area contributed by atoms with Gasteiger partial charge in [-0.05, 0) is 30.4 Å². The van der Waals surface area contributed by atoms with Crippen LogP contribution in [0, 0.1) is 0 Å². The lowest BCUT2D eigenvalue weighted by molar-refractivity contribution is 0.0693. The van der Waals surface area contributed by atoms with Crippen molar-refractivity contribution in [3.8, 4) is 0 Å². The molecule has 106 valence electrons. The first-order valence-electron chi connectivity index (χ1n) is 6.62. The Kier molecular flexibility index (Phi) is 3.35. The zero-order valence-electron chi connectivity index (χ0n) is 11.5. The molecule has 5 nitrogen and oxygen atoms in total. The Balaban J connectivity index is 1.86. The number of aryl methyl sites for hydroxylation is 1. The van der Waals surface area contributed by atoms with Gasteiger partial charge in [-0.3, -0.25) is 9.58 Å². The first-order valence-corrected chi connectivity index (χ1v) is 7.50. The van der Waals surface area contributed by atoms with Gasteiger partial charge in [0.2, 0.25) is 0 Å². The van der Waals surface area contributed by atoms with Crippen LogP contribution in [0.4, 0.5) is 0 Å². The molecule has 2 aromatic rings. The van der Waals surface area contributed by atoms with Gasteiger partial charge in [0.05, 0.1) is 11.9 Å². The molecule has 0 spiro atoms. The molecule has 1 aliphatic rings. The zero-order valence-corrected chi connectivity index (χ0v) is 12.4. The van der Waals surface area contributed by atoms with Gasteiger partial charge < -0.3 is 5.11 Å². The third-order valence-electron chi connectivity index (χ3n) is 4.05. The maximum absolute atomic E-state index is 11.2. The lowest BCUT2D eigenvalue weighted by Crippen LogP contribution is -2.33. The number of nitrogens with zero attached hydrogens (tertiary/aromatic N) is 3. The van der Waals surface area contributed by atoms with Crippen LogP contribution in [0.15, 0.2) is 17.6 Å². The summed E-state index contributed by atoms with van der Waals surface area (Å²) in [6, 6.07) is 2.50. The van der Waals surface area contributed by atoms with E-state index in [-0.39, 0.29) is 0 Å². The predicted molar refractivity (Wildman–Crippen MR) is 77.0 cm³/mol. The maximum Gasteiger partial charge on any atom is 0.339 e. The highest BCUT2D eigenvalue weighted by atomic mass is 32.1. The standard InChI is InChI=1S/C14H17N3O2S/c1-9-10-4-6-20-13(10)3-5-17(9)8-12-11(14(18)19)7-15-16(12)2/h4,6-7,9H,3,5,8H2,1-2H3,(H,18,19). The van der Waals surface area contributed by atoms with Crippen molar-refractivity contribution < 1.29 is 9.90 Å². The van der Waals surface area contributed by atoms with Crippen LogP contribution in [0.2, 0.25) is 0 Å². The molecule has 3 heterocycles. The molecule has 0 fully saturated rings. The van der Waals surface area contributed by atoms with Gasteiger partial charge in [0.15, 0.2) is 0 Å². The molecular formula is C14H17N3O2S. The first kappa shape index (κ1) is 13.3. The van der Waals surface area contributed by atoms with Crippen molar-refractivity contribution in [3.05, 3.63) is 39.3 Å². The monoisotopic (exact) mass is 291 g/mol. The van der Waals surface area contributed by atoms with Crippen molar-refractivity contribution >= 4 is 17.3 Å². The summed E-state index contributed by atoms with van der Waals surface area (Å²) in [4.78, 5) is 15.0. The molecule has 1 N–H and O–H groups in total. The molecule has 0 amide bonds. The van der Waals surface area contributed by atoms with Gasteiger partial charge in [-0.2, -0.15) is 5.10 Å². The fraction of sp³-hybridized carbons (Fsp3) is 0.429. The van der Waals surface area contributed by atoms with Crippen LogP contribution in [0.25, 0.3) is 0 Å². The van der Waals surface area contributed by atoms with Crippen molar-refractivity contribution in [2.75, 3.05) is 6.54 Å². The summed E-state index contributed by atoms with van der Waals surface area (Å²) in [5, 5.41) is 15.4. The van der Waals surface area contributed by atoms with Crippen LogP contribution in [-0.2, 0) is 20.0 Å². The number of hydrogen-bond acceptors (Lipinski definition) is 4. The molecule has 20 heavy (non-hydrogen) atoms. The van der Waals surface area contributed by atoms with Gasteiger partial charge in [0.1, 0.15) is 5.56 Å². The minimum absolute atomic E-state index is 0.302. The van der Waals surface area contributed by atoms with E-state index in [9.17, 15) is 9.90 Å². The van der Waals surface area contributed by atoms with E-state index in [1.165, 1.54) is 16.6 Å². The number of fused-ring (bicyclic) bond motifs is 1. The SMILES string of the molecule is CC1c2ccsc2CCN1Cc1c(C(=O)O)cnn1C. The lowest BCUT2D eigenvalue weighted by Gasteiger charge is -2.33. The van der Waals surface area contributed by atoms with Crippen LogP contribution >= 0.6 is 11.3 Å². The Morgan fingerprint density at radius 2 is 2.40 bits per heavy atom. The lowest BCUT2D eigenvalue weighted by atomic mass is 10.0. The molecule has 0 radical (unpaired) electrons. The summed E-state index contributed by atoms with van der Waals surface area (Å²) < 4.78 is 1.67. The van der Waals surface area contributed by atoms with Crippen LogP contribution in [0.3, 0.4) is 0 Å². The topological polar surface area (TPSA) is 58.4 Å². The molecular weight excluding hydrogens is 274 g/mol. The number of carbonyl (C=O) groups is 1. The van der Waals surface area contributed by atoms with E-state index in [0.29, 0.717) is 18.2 Å². The summed E-state index contributed by atoms with van der Waals surface area (Å²) in [6.07, 6.45) is 2.47. The van der Waals surface area contributed by atoms with Gasteiger partial charge in [-0.15, -0.1) is 11.3 Å². The number of thiophene rings is 1. The van der Waals surface area contributed by atoms with Crippen LogP contribution < -0.4 is 0 Å². The summed E-state index contributed by atoms with van der Waals surface area (Å²) in [5.74, 6) is -0.908. The second-order valence-electron chi connectivity index (χ2n) is 5.13. The third-order valence-corrected chi connectivity index (χ3v) is 5.05. The zero-order chi connectivity index (χ0) is 14.3. The van der Waals surface area contributed by atoms with Crippen molar-refractivity contribution in [3.63, 3.8) is 0 Å². The third kappa shape index (κ3) is 2.14. The van der Waals surface area contributed by atoms with Crippen molar-refractivity contribution in [2.45, 2.75) is 25.9 Å². The quantitative estimate of drug-likeness (QED) is 0.942. The van der Waals surface area contributed by atoms with Gasteiger partial charge in [-0.25, -0.2) is 4.79 Å². The number of hydrogen-bond donors (Lipinski definition) is 1. The van der Waals surface area contributed by atoms with Gasteiger partial charge in [0.25, 0.3) is 0 Å². The largest absolute Gasteiger partial charge is 0.478 e. The Morgan fingerprint density at radius 1 is 1.60 bits per heavy atom. The molecule has 0 aromatic carbocycles. The van der Waals surface area contributed by atoms with Crippen molar-refractivity contribution in [2.24, 2.45) is 7.05 Å². The molecule has 0 saturated heterocycles. The fourth-order valence-corrected chi connectivity index (χ4v) is 3.76. The van der Waals surface area contributed by atoms with Crippen molar-refractivity contribution in [1.29, 1.82) is 0 Å².